The monoisotopic (exact) mass is 622 g/mol. The summed E-state index contributed by atoms with van der Waals surface area (Å²) in [6, 6.07) is 28.5. The van der Waals surface area contributed by atoms with Gasteiger partial charge < -0.3 is 9.47 Å². The number of esters is 1. The standard InChI is InChI=1S/C37H39ClN4O3/c1-4-30-23-41(21-28-13-9-10-14-34(28)45-30)22-29-19-27(16-15-25(29)3)32(20-35(43)44-24-26-11-7-6-8-12-26)31-17-18-33-37(36(31)38)39-40-42(33)5-2/h6-19,30,32H,4-5,20-24H2,1-3H3/t30-,32-/m1/s1. The van der Waals surface area contributed by atoms with Crippen molar-refractivity contribution in [1.82, 2.24) is 19.9 Å². The molecule has 45 heavy (non-hydrogen) atoms. The van der Waals surface area contributed by atoms with Crippen LogP contribution in [0.3, 0.4) is 0 Å². The molecule has 0 fully saturated rings. The summed E-state index contributed by atoms with van der Waals surface area (Å²) in [5.74, 6) is 0.357. The summed E-state index contributed by atoms with van der Waals surface area (Å²) in [4.78, 5) is 15.8. The fourth-order valence-corrected chi connectivity index (χ4v) is 6.44. The van der Waals surface area contributed by atoms with Crippen LogP contribution >= 0.6 is 11.6 Å². The number of aromatic nitrogens is 3. The van der Waals surface area contributed by atoms with Gasteiger partial charge in [-0.3, -0.25) is 9.69 Å². The molecule has 0 aliphatic carbocycles. The van der Waals surface area contributed by atoms with E-state index in [-0.39, 0.29) is 31.0 Å². The number of aryl methyl sites for hydroxylation is 2. The highest BCUT2D eigenvalue weighted by atomic mass is 35.5. The number of carbonyl (C=O) groups excluding carboxylic acids is 1. The number of nitrogens with zero attached hydrogens (tertiary/aromatic N) is 4. The van der Waals surface area contributed by atoms with Gasteiger partial charge in [-0.15, -0.1) is 5.10 Å². The summed E-state index contributed by atoms with van der Waals surface area (Å²) in [7, 11) is 0. The van der Waals surface area contributed by atoms with Crippen LogP contribution in [0, 0.1) is 6.92 Å². The third kappa shape index (κ3) is 6.90. The Morgan fingerprint density at radius 1 is 1.04 bits per heavy atom. The molecule has 0 N–H and O–H groups in total. The van der Waals surface area contributed by atoms with Crippen molar-refractivity contribution in [3.63, 3.8) is 0 Å². The molecule has 0 amide bonds. The quantitative estimate of drug-likeness (QED) is 0.148. The first-order chi connectivity index (χ1) is 21.9. The lowest BCUT2D eigenvalue weighted by molar-refractivity contribution is -0.145. The van der Waals surface area contributed by atoms with Crippen molar-refractivity contribution in [2.45, 2.75) is 71.9 Å². The number of benzene rings is 4. The van der Waals surface area contributed by atoms with Crippen molar-refractivity contribution in [3.05, 3.63) is 123 Å². The van der Waals surface area contributed by atoms with E-state index in [4.69, 9.17) is 21.1 Å². The highest BCUT2D eigenvalue weighted by Crippen LogP contribution is 2.38. The van der Waals surface area contributed by atoms with Crippen molar-refractivity contribution in [1.29, 1.82) is 0 Å². The fraction of sp³-hybridized carbons (Fsp3) is 0.324. The number of rotatable bonds is 10. The van der Waals surface area contributed by atoms with Gasteiger partial charge in [-0.05, 0) is 60.2 Å². The van der Waals surface area contributed by atoms with Gasteiger partial charge in [0.1, 0.15) is 24.0 Å². The zero-order valence-electron chi connectivity index (χ0n) is 26.1. The molecule has 0 saturated carbocycles. The lowest BCUT2D eigenvalue weighted by Gasteiger charge is -2.25. The van der Waals surface area contributed by atoms with E-state index >= 15 is 0 Å². The Bertz CT molecular complexity index is 1790. The number of ether oxygens (including phenoxy) is 2. The van der Waals surface area contributed by atoms with Gasteiger partial charge in [-0.2, -0.15) is 0 Å². The molecule has 0 radical (unpaired) electrons. The normalized spacial score (nSPS) is 15.7. The Morgan fingerprint density at radius 3 is 2.64 bits per heavy atom. The van der Waals surface area contributed by atoms with E-state index in [1.807, 2.05) is 60.1 Å². The lowest BCUT2D eigenvalue weighted by atomic mass is 9.86. The summed E-state index contributed by atoms with van der Waals surface area (Å²) < 4.78 is 13.9. The molecule has 8 heteroatoms. The minimum Gasteiger partial charge on any atom is -0.489 e. The van der Waals surface area contributed by atoms with E-state index in [0.717, 1.165) is 54.0 Å². The van der Waals surface area contributed by atoms with Crippen LogP contribution in [0.5, 0.6) is 5.75 Å². The van der Waals surface area contributed by atoms with E-state index < -0.39 is 0 Å². The molecule has 5 aromatic rings. The Balaban J connectivity index is 1.32. The molecular weight excluding hydrogens is 584 g/mol. The smallest absolute Gasteiger partial charge is 0.307 e. The number of halogens is 1. The molecule has 2 atom stereocenters. The van der Waals surface area contributed by atoms with E-state index in [1.54, 1.807) is 0 Å². The van der Waals surface area contributed by atoms with Crippen molar-refractivity contribution < 1.29 is 14.3 Å². The number of hydrogen-bond donors (Lipinski definition) is 0. The molecule has 0 saturated heterocycles. The summed E-state index contributed by atoms with van der Waals surface area (Å²) in [6.45, 7) is 9.64. The molecule has 1 aromatic heterocycles. The largest absolute Gasteiger partial charge is 0.489 e. The van der Waals surface area contributed by atoms with E-state index in [1.165, 1.54) is 16.7 Å². The van der Waals surface area contributed by atoms with Crippen LogP contribution in [0.1, 0.15) is 66.0 Å². The molecule has 0 unspecified atom stereocenters. The van der Waals surface area contributed by atoms with E-state index in [0.29, 0.717) is 17.1 Å². The maximum Gasteiger partial charge on any atom is 0.307 e. The zero-order valence-corrected chi connectivity index (χ0v) is 26.8. The number of para-hydroxylation sites is 1. The fourth-order valence-electron chi connectivity index (χ4n) is 6.11. The topological polar surface area (TPSA) is 69.5 Å². The van der Waals surface area contributed by atoms with Crippen LogP contribution < -0.4 is 4.74 Å². The molecule has 0 spiro atoms. The summed E-state index contributed by atoms with van der Waals surface area (Å²) in [6.07, 6.45) is 1.19. The lowest BCUT2D eigenvalue weighted by Crippen LogP contribution is -2.32. The van der Waals surface area contributed by atoms with Crippen LogP contribution in [0.15, 0.2) is 84.9 Å². The van der Waals surface area contributed by atoms with E-state index in [9.17, 15) is 4.79 Å². The summed E-state index contributed by atoms with van der Waals surface area (Å²) >= 11 is 7.05. The van der Waals surface area contributed by atoms with Crippen molar-refractivity contribution in [3.8, 4) is 5.75 Å². The molecular formula is C37H39ClN4O3. The average molecular weight is 623 g/mol. The van der Waals surface area contributed by atoms with Crippen LogP contribution in [0.25, 0.3) is 11.0 Å². The minimum atomic E-state index is -0.326. The number of carbonyl (C=O) groups is 1. The van der Waals surface area contributed by atoms with E-state index in [2.05, 4.69) is 65.5 Å². The molecule has 232 valence electrons. The van der Waals surface area contributed by atoms with Crippen molar-refractivity contribution in [2.75, 3.05) is 6.54 Å². The Labute approximate surface area is 269 Å². The van der Waals surface area contributed by atoms with Gasteiger partial charge in [-0.25, -0.2) is 4.68 Å². The predicted molar refractivity (Wildman–Crippen MR) is 177 cm³/mol. The van der Waals surface area contributed by atoms with Gasteiger partial charge in [0.2, 0.25) is 0 Å². The maximum atomic E-state index is 13.4. The number of fused-ring (bicyclic) bond motifs is 2. The van der Waals surface area contributed by atoms with Gasteiger partial charge in [0.15, 0.2) is 0 Å². The summed E-state index contributed by atoms with van der Waals surface area (Å²) in [5, 5.41) is 9.17. The highest BCUT2D eigenvalue weighted by molar-refractivity contribution is 6.35. The maximum absolute atomic E-state index is 13.4. The van der Waals surface area contributed by atoms with Gasteiger partial charge >= 0.3 is 5.97 Å². The predicted octanol–water partition coefficient (Wildman–Crippen LogP) is 7.85. The molecule has 1 aliphatic heterocycles. The first-order valence-electron chi connectivity index (χ1n) is 15.7. The molecule has 6 rings (SSSR count). The van der Waals surface area contributed by atoms with Gasteiger partial charge in [0, 0.05) is 37.7 Å². The van der Waals surface area contributed by atoms with Crippen molar-refractivity contribution in [2.24, 2.45) is 0 Å². The van der Waals surface area contributed by atoms with Crippen LogP contribution in [-0.2, 0) is 35.8 Å². The first kappa shape index (κ1) is 30.8. The van der Waals surface area contributed by atoms with Gasteiger partial charge in [-0.1, -0.05) is 96.5 Å². The van der Waals surface area contributed by atoms with Crippen LogP contribution in [0.4, 0.5) is 0 Å². The molecule has 4 aromatic carbocycles. The second-order valence-electron chi connectivity index (χ2n) is 11.8. The third-order valence-electron chi connectivity index (χ3n) is 8.69. The Hall–Kier alpha value is -4.20. The Kier molecular flexibility index (Phi) is 9.47. The van der Waals surface area contributed by atoms with Crippen LogP contribution in [-0.4, -0.2) is 38.5 Å². The van der Waals surface area contributed by atoms with Crippen LogP contribution in [0.2, 0.25) is 5.02 Å². The SMILES string of the molecule is CC[C@@H]1CN(Cc2cc([C@@H](CC(=O)OCc3ccccc3)c3ccc4c(nnn4CC)c3Cl)ccc2C)Cc2ccccc2O1. The van der Waals surface area contributed by atoms with Gasteiger partial charge in [0.25, 0.3) is 0 Å². The second kappa shape index (κ2) is 13.8. The highest BCUT2D eigenvalue weighted by Gasteiger charge is 2.26. The number of hydrogen-bond acceptors (Lipinski definition) is 6. The van der Waals surface area contributed by atoms with Crippen molar-refractivity contribution >= 4 is 28.6 Å². The first-order valence-corrected chi connectivity index (χ1v) is 16.1. The minimum absolute atomic E-state index is 0.117. The molecule has 0 bridgehead atoms. The molecule has 2 heterocycles. The Morgan fingerprint density at radius 2 is 1.84 bits per heavy atom. The second-order valence-corrected chi connectivity index (χ2v) is 12.1. The molecule has 7 nitrogen and oxygen atoms in total. The molecule has 1 aliphatic rings. The van der Waals surface area contributed by atoms with Gasteiger partial charge in [0.05, 0.1) is 17.0 Å². The third-order valence-corrected chi connectivity index (χ3v) is 9.09. The summed E-state index contributed by atoms with van der Waals surface area (Å²) in [5.41, 5.74) is 7.90. The average Bonchev–Trinajstić information content (AvgIpc) is 3.40. The zero-order chi connectivity index (χ0) is 31.3.